The van der Waals surface area contributed by atoms with Crippen LogP contribution in [0.15, 0.2) is 30.3 Å². The molecular weight excluding hydrogens is 244 g/mol. The summed E-state index contributed by atoms with van der Waals surface area (Å²) in [6, 6.07) is 11.5. The Hall–Kier alpha value is -0.860. The first-order chi connectivity index (χ1) is 9.81. The van der Waals surface area contributed by atoms with Crippen LogP contribution in [0.25, 0.3) is 0 Å². The van der Waals surface area contributed by atoms with E-state index in [2.05, 4.69) is 42.2 Å². The molecule has 0 saturated heterocycles. The number of nitrogens with zero attached hydrogens (tertiary/aromatic N) is 1. The number of benzene rings is 1. The summed E-state index contributed by atoms with van der Waals surface area (Å²) in [7, 11) is 0. The van der Waals surface area contributed by atoms with Crippen molar-refractivity contribution in [3.63, 3.8) is 0 Å². The van der Waals surface area contributed by atoms with Crippen molar-refractivity contribution in [1.82, 2.24) is 4.90 Å². The molecule has 0 aliphatic heterocycles. The van der Waals surface area contributed by atoms with Gasteiger partial charge in [0.1, 0.15) is 0 Å². The van der Waals surface area contributed by atoms with Gasteiger partial charge in [0.2, 0.25) is 0 Å². The minimum atomic E-state index is 0.682. The fourth-order valence-electron chi connectivity index (χ4n) is 3.45. The van der Waals surface area contributed by atoms with E-state index in [0.29, 0.717) is 6.04 Å². The van der Waals surface area contributed by atoms with Crippen LogP contribution in [0, 0.1) is 5.92 Å². The van der Waals surface area contributed by atoms with E-state index in [0.717, 1.165) is 32.0 Å². The van der Waals surface area contributed by atoms with Gasteiger partial charge in [-0.3, -0.25) is 4.90 Å². The molecule has 1 aliphatic carbocycles. The van der Waals surface area contributed by atoms with Crippen LogP contribution in [0.2, 0.25) is 0 Å². The van der Waals surface area contributed by atoms with Gasteiger partial charge >= 0.3 is 0 Å². The van der Waals surface area contributed by atoms with Crippen molar-refractivity contribution in [2.75, 3.05) is 13.1 Å². The first kappa shape index (κ1) is 15.5. The third kappa shape index (κ3) is 4.60. The SMILES string of the molecule is CC(C1CCCCC1)N(CCCN)Cc1ccccc1. The van der Waals surface area contributed by atoms with Gasteiger partial charge in [0.25, 0.3) is 0 Å². The third-order valence-corrected chi connectivity index (χ3v) is 4.79. The molecule has 0 heterocycles. The van der Waals surface area contributed by atoms with Gasteiger partial charge in [0, 0.05) is 12.6 Å². The van der Waals surface area contributed by atoms with E-state index in [4.69, 9.17) is 5.73 Å². The van der Waals surface area contributed by atoms with Crippen LogP contribution >= 0.6 is 0 Å². The molecule has 0 radical (unpaired) electrons. The second kappa shape index (κ2) is 8.43. The lowest BCUT2D eigenvalue weighted by molar-refractivity contribution is 0.121. The molecule has 2 rings (SSSR count). The quantitative estimate of drug-likeness (QED) is 0.819. The summed E-state index contributed by atoms with van der Waals surface area (Å²) in [6.07, 6.45) is 8.20. The van der Waals surface area contributed by atoms with E-state index < -0.39 is 0 Å². The van der Waals surface area contributed by atoms with Gasteiger partial charge in [-0.15, -0.1) is 0 Å². The fraction of sp³-hybridized carbons (Fsp3) is 0.667. The van der Waals surface area contributed by atoms with E-state index in [1.165, 1.54) is 37.7 Å². The molecule has 1 fully saturated rings. The van der Waals surface area contributed by atoms with Crippen molar-refractivity contribution in [3.05, 3.63) is 35.9 Å². The lowest BCUT2D eigenvalue weighted by Crippen LogP contribution is -2.40. The number of nitrogens with two attached hydrogens (primary N) is 1. The smallest absolute Gasteiger partial charge is 0.0236 e. The minimum absolute atomic E-state index is 0.682. The van der Waals surface area contributed by atoms with Crippen molar-refractivity contribution in [2.24, 2.45) is 11.7 Å². The van der Waals surface area contributed by atoms with Crippen molar-refractivity contribution in [1.29, 1.82) is 0 Å². The topological polar surface area (TPSA) is 29.3 Å². The summed E-state index contributed by atoms with van der Waals surface area (Å²) in [5, 5.41) is 0. The zero-order chi connectivity index (χ0) is 14.2. The molecular formula is C18H30N2. The number of hydrogen-bond donors (Lipinski definition) is 1. The van der Waals surface area contributed by atoms with Crippen molar-refractivity contribution < 1.29 is 0 Å². The summed E-state index contributed by atoms with van der Waals surface area (Å²) in [6.45, 7) is 5.42. The van der Waals surface area contributed by atoms with E-state index in [1.807, 2.05) is 0 Å². The fourth-order valence-corrected chi connectivity index (χ4v) is 3.45. The molecule has 0 amide bonds. The first-order valence-electron chi connectivity index (χ1n) is 8.29. The Balaban J connectivity index is 1.97. The van der Waals surface area contributed by atoms with Gasteiger partial charge in [0.05, 0.1) is 0 Å². The largest absolute Gasteiger partial charge is 0.330 e. The Labute approximate surface area is 124 Å². The minimum Gasteiger partial charge on any atom is -0.330 e. The molecule has 0 aromatic heterocycles. The highest BCUT2D eigenvalue weighted by Crippen LogP contribution is 2.29. The predicted molar refractivity (Wildman–Crippen MR) is 86.6 cm³/mol. The van der Waals surface area contributed by atoms with E-state index >= 15 is 0 Å². The van der Waals surface area contributed by atoms with Gasteiger partial charge in [-0.05, 0) is 50.8 Å². The maximum absolute atomic E-state index is 5.72. The average Bonchev–Trinajstić information content (AvgIpc) is 2.52. The molecule has 1 unspecified atom stereocenters. The van der Waals surface area contributed by atoms with Crippen LogP contribution in [-0.4, -0.2) is 24.0 Å². The zero-order valence-electron chi connectivity index (χ0n) is 12.9. The van der Waals surface area contributed by atoms with Crippen LogP contribution in [0.4, 0.5) is 0 Å². The highest BCUT2D eigenvalue weighted by atomic mass is 15.2. The Morgan fingerprint density at radius 1 is 1.15 bits per heavy atom. The Morgan fingerprint density at radius 3 is 2.50 bits per heavy atom. The molecule has 1 saturated carbocycles. The predicted octanol–water partition coefficient (Wildman–Crippen LogP) is 3.81. The molecule has 20 heavy (non-hydrogen) atoms. The summed E-state index contributed by atoms with van der Waals surface area (Å²) in [5.74, 6) is 0.880. The van der Waals surface area contributed by atoms with Crippen LogP contribution in [0.3, 0.4) is 0 Å². The Bertz CT molecular complexity index is 357. The molecule has 1 aromatic carbocycles. The normalized spacial score (nSPS) is 18.4. The highest BCUT2D eigenvalue weighted by Gasteiger charge is 2.24. The molecule has 0 spiro atoms. The average molecular weight is 274 g/mol. The Kier molecular flexibility index (Phi) is 6.55. The second-order valence-electron chi connectivity index (χ2n) is 6.24. The molecule has 1 aliphatic rings. The second-order valence-corrected chi connectivity index (χ2v) is 6.24. The van der Waals surface area contributed by atoms with Crippen molar-refractivity contribution >= 4 is 0 Å². The van der Waals surface area contributed by atoms with Gasteiger partial charge in [-0.25, -0.2) is 0 Å². The van der Waals surface area contributed by atoms with Gasteiger partial charge < -0.3 is 5.73 Å². The highest BCUT2D eigenvalue weighted by molar-refractivity contribution is 5.14. The lowest BCUT2D eigenvalue weighted by atomic mass is 9.83. The van der Waals surface area contributed by atoms with Gasteiger partial charge in [-0.2, -0.15) is 0 Å². The summed E-state index contributed by atoms with van der Waals surface area (Å²) in [4.78, 5) is 2.65. The van der Waals surface area contributed by atoms with Crippen molar-refractivity contribution in [2.45, 2.75) is 58.0 Å². The third-order valence-electron chi connectivity index (χ3n) is 4.79. The van der Waals surface area contributed by atoms with E-state index in [-0.39, 0.29) is 0 Å². The van der Waals surface area contributed by atoms with Crippen LogP contribution in [-0.2, 0) is 6.54 Å². The van der Waals surface area contributed by atoms with Crippen LogP contribution < -0.4 is 5.73 Å². The van der Waals surface area contributed by atoms with Gasteiger partial charge in [0.15, 0.2) is 0 Å². The molecule has 2 heteroatoms. The Morgan fingerprint density at radius 2 is 1.85 bits per heavy atom. The zero-order valence-corrected chi connectivity index (χ0v) is 12.9. The van der Waals surface area contributed by atoms with E-state index in [1.54, 1.807) is 0 Å². The summed E-state index contributed by atoms with van der Waals surface area (Å²) < 4.78 is 0. The summed E-state index contributed by atoms with van der Waals surface area (Å²) >= 11 is 0. The monoisotopic (exact) mass is 274 g/mol. The molecule has 112 valence electrons. The number of rotatable bonds is 7. The molecule has 2 nitrogen and oxygen atoms in total. The summed E-state index contributed by atoms with van der Waals surface area (Å²) in [5.41, 5.74) is 7.15. The van der Waals surface area contributed by atoms with Crippen molar-refractivity contribution in [3.8, 4) is 0 Å². The lowest BCUT2D eigenvalue weighted by Gasteiger charge is -2.37. The maximum atomic E-state index is 5.72. The molecule has 2 N–H and O–H groups in total. The first-order valence-corrected chi connectivity index (χ1v) is 8.29. The van der Waals surface area contributed by atoms with Crippen LogP contribution in [0.1, 0.15) is 51.0 Å². The molecule has 0 bridgehead atoms. The number of hydrogen-bond acceptors (Lipinski definition) is 2. The molecule has 1 aromatic rings. The molecule has 1 atom stereocenters. The van der Waals surface area contributed by atoms with Crippen LogP contribution in [0.5, 0.6) is 0 Å². The standard InChI is InChI=1S/C18H30N2/c1-16(18-11-6-3-7-12-18)20(14-8-13-19)15-17-9-4-2-5-10-17/h2,4-5,9-10,16,18H,3,6-8,11-15,19H2,1H3. The van der Waals surface area contributed by atoms with Gasteiger partial charge in [-0.1, -0.05) is 49.6 Å². The maximum Gasteiger partial charge on any atom is 0.0236 e. The van der Waals surface area contributed by atoms with E-state index in [9.17, 15) is 0 Å².